The molecule has 0 aliphatic heterocycles. The van der Waals surface area contributed by atoms with E-state index >= 15 is 0 Å². The number of nitrogens with zero attached hydrogens (tertiary/aromatic N) is 2. The molecule has 5 heteroatoms. The van der Waals surface area contributed by atoms with Gasteiger partial charge < -0.3 is 10.6 Å². The molecule has 1 rings (SSSR count). The van der Waals surface area contributed by atoms with Gasteiger partial charge in [0.1, 0.15) is 0 Å². The van der Waals surface area contributed by atoms with Crippen LogP contribution in [0.5, 0.6) is 0 Å². The van der Waals surface area contributed by atoms with E-state index in [1.165, 1.54) is 5.01 Å². The second-order valence-corrected chi connectivity index (χ2v) is 4.86. The lowest BCUT2D eigenvalue weighted by Gasteiger charge is -2.08. The molecule has 0 aliphatic carbocycles. The highest BCUT2D eigenvalue weighted by molar-refractivity contribution is 7.09. The van der Waals surface area contributed by atoms with E-state index < -0.39 is 0 Å². The van der Waals surface area contributed by atoms with Crippen molar-refractivity contribution in [3.63, 3.8) is 0 Å². The monoisotopic (exact) mass is 266 g/mol. The molecule has 0 bridgehead atoms. The van der Waals surface area contributed by atoms with Crippen LogP contribution in [0, 0.1) is 6.92 Å². The predicted octanol–water partition coefficient (Wildman–Crippen LogP) is 2.13. The normalized spacial score (nSPS) is 11.3. The first kappa shape index (κ1) is 14.7. The van der Waals surface area contributed by atoms with E-state index in [-0.39, 0.29) is 0 Å². The standard InChI is InChI=1S/C13H22N4S/c1-4-8-15-13(14-5-2)16-9-6-7-12-17-11(3)10-18-12/h4,10H,1,5-9H2,2-3H3,(H2,14,15,16). The van der Waals surface area contributed by atoms with Crippen molar-refractivity contribution in [1.82, 2.24) is 15.6 Å². The molecule has 0 atom stereocenters. The van der Waals surface area contributed by atoms with Gasteiger partial charge in [0.05, 0.1) is 5.01 Å². The van der Waals surface area contributed by atoms with Gasteiger partial charge in [-0.15, -0.1) is 17.9 Å². The summed E-state index contributed by atoms with van der Waals surface area (Å²) in [5, 5.41) is 9.67. The van der Waals surface area contributed by atoms with Crippen LogP contribution in [0.25, 0.3) is 0 Å². The summed E-state index contributed by atoms with van der Waals surface area (Å²) in [6, 6.07) is 0. The first-order valence-electron chi connectivity index (χ1n) is 6.30. The fourth-order valence-corrected chi connectivity index (χ4v) is 2.27. The molecule has 0 fully saturated rings. The molecular weight excluding hydrogens is 244 g/mol. The van der Waals surface area contributed by atoms with Gasteiger partial charge in [0.25, 0.3) is 0 Å². The van der Waals surface area contributed by atoms with Crippen molar-refractivity contribution in [3.8, 4) is 0 Å². The molecular formula is C13H22N4S. The first-order valence-corrected chi connectivity index (χ1v) is 7.18. The number of nitrogens with one attached hydrogen (secondary N) is 2. The van der Waals surface area contributed by atoms with Crippen LogP contribution in [0.4, 0.5) is 0 Å². The minimum atomic E-state index is 0.734. The Hall–Kier alpha value is -1.36. The van der Waals surface area contributed by atoms with Crippen LogP contribution in [0.3, 0.4) is 0 Å². The number of hydrogen-bond acceptors (Lipinski definition) is 3. The second kappa shape index (κ2) is 8.69. The summed E-state index contributed by atoms with van der Waals surface area (Å²) < 4.78 is 0. The molecule has 2 N–H and O–H groups in total. The van der Waals surface area contributed by atoms with Crippen molar-refractivity contribution in [2.24, 2.45) is 4.99 Å². The third-order valence-electron chi connectivity index (χ3n) is 2.24. The van der Waals surface area contributed by atoms with Crippen molar-refractivity contribution in [2.45, 2.75) is 26.7 Å². The number of guanidine groups is 1. The summed E-state index contributed by atoms with van der Waals surface area (Å²) in [4.78, 5) is 8.94. The highest BCUT2D eigenvalue weighted by Crippen LogP contribution is 2.10. The van der Waals surface area contributed by atoms with Gasteiger partial charge >= 0.3 is 0 Å². The van der Waals surface area contributed by atoms with E-state index in [1.807, 2.05) is 13.0 Å². The van der Waals surface area contributed by atoms with Crippen molar-refractivity contribution < 1.29 is 0 Å². The molecule has 0 aliphatic rings. The number of aromatic nitrogens is 1. The fraction of sp³-hybridized carbons (Fsp3) is 0.538. The second-order valence-electron chi connectivity index (χ2n) is 3.92. The van der Waals surface area contributed by atoms with E-state index in [4.69, 9.17) is 0 Å². The molecule has 0 radical (unpaired) electrons. The third-order valence-corrected chi connectivity index (χ3v) is 3.27. The first-order chi connectivity index (χ1) is 8.76. The molecule has 18 heavy (non-hydrogen) atoms. The molecule has 4 nitrogen and oxygen atoms in total. The van der Waals surface area contributed by atoms with Gasteiger partial charge in [0.15, 0.2) is 5.96 Å². The van der Waals surface area contributed by atoms with Gasteiger partial charge in [-0.05, 0) is 20.3 Å². The minimum absolute atomic E-state index is 0.734. The molecule has 0 amide bonds. The third kappa shape index (κ3) is 5.82. The van der Waals surface area contributed by atoms with E-state index in [0.29, 0.717) is 0 Å². The van der Waals surface area contributed by atoms with Crippen LogP contribution in [0.2, 0.25) is 0 Å². The molecule has 1 aromatic heterocycles. The van der Waals surface area contributed by atoms with Gasteiger partial charge in [-0.25, -0.2) is 4.98 Å². The molecule has 0 aromatic carbocycles. The molecule has 1 aromatic rings. The van der Waals surface area contributed by atoms with Gasteiger partial charge in [-0.3, -0.25) is 4.99 Å². The lowest BCUT2D eigenvalue weighted by atomic mass is 10.3. The van der Waals surface area contributed by atoms with Gasteiger partial charge in [-0.1, -0.05) is 6.08 Å². The zero-order valence-corrected chi connectivity index (χ0v) is 12.0. The van der Waals surface area contributed by atoms with E-state index in [2.05, 4.69) is 39.5 Å². The lowest BCUT2D eigenvalue weighted by molar-refractivity contribution is 0.797. The molecule has 0 unspecified atom stereocenters. The Kier molecular flexibility index (Phi) is 7.10. The molecule has 0 saturated carbocycles. The maximum Gasteiger partial charge on any atom is 0.191 e. The van der Waals surface area contributed by atoms with Crippen molar-refractivity contribution >= 4 is 17.3 Å². The Morgan fingerprint density at radius 3 is 3.00 bits per heavy atom. The Labute approximate surface area is 113 Å². The highest BCUT2D eigenvalue weighted by Gasteiger charge is 1.98. The molecule has 0 saturated heterocycles. The maximum atomic E-state index is 4.50. The van der Waals surface area contributed by atoms with E-state index in [0.717, 1.165) is 44.1 Å². The van der Waals surface area contributed by atoms with E-state index in [1.54, 1.807) is 11.3 Å². The Bertz CT molecular complexity index is 384. The SMILES string of the molecule is C=CCNC(=NCCCc1nc(C)cs1)NCC. The summed E-state index contributed by atoms with van der Waals surface area (Å²) >= 11 is 1.73. The Balaban J connectivity index is 2.29. The van der Waals surface area contributed by atoms with Gasteiger partial charge in [-0.2, -0.15) is 0 Å². The van der Waals surface area contributed by atoms with Crippen LogP contribution in [0.1, 0.15) is 24.0 Å². The zero-order valence-electron chi connectivity index (χ0n) is 11.2. The number of rotatable bonds is 7. The summed E-state index contributed by atoms with van der Waals surface area (Å²) in [6.45, 7) is 10.2. The van der Waals surface area contributed by atoms with Gasteiger partial charge in [0.2, 0.25) is 0 Å². The zero-order chi connectivity index (χ0) is 13.2. The fourth-order valence-electron chi connectivity index (χ4n) is 1.45. The highest BCUT2D eigenvalue weighted by atomic mass is 32.1. The summed E-state index contributed by atoms with van der Waals surface area (Å²) in [5.41, 5.74) is 1.11. The lowest BCUT2D eigenvalue weighted by Crippen LogP contribution is -2.37. The van der Waals surface area contributed by atoms with Crippen molar-refractivity contribution in [2.75, 3.05) is 19.6 Å². The smallest absolute Gasteiger partial charge is 0.191 e. The van der Waals surface area contributed by atoms with Gasteiger partial charge in [0, 0.05) is 37.1 Å². The average Bonchev–Trinajstić information content (AvgIpc) is 2.77. The Morgan fingerprint density at radius 1 is 1.56 bits per heavy atom. The van der Waals surface area contributed by atoms with E-state index in [9.17, 15) is 0 Å². The summed E-state index contributed by atoms with van der Waals surface area (Å²) in [7, 11) is 0. The molecule has 100 valence electrons. The molecule has 0 spiro atoms. The minimum Gasteiger partial charge on any atom is -0.357 e. The number of aryl methyl sites for hydroxylation is 2. The van der Waals surface area contributed by atoms with Crippen molar-refractivity contribution in [3.05, 3.63) is 28.7 Å². The van der Waals surface area contributed by atoms with Crippen LogP contribution < -0.4 is 10.6 Å². The summed E-state index contributed by atoms with van der Waals surface area (Å²) in [5.74, 6) is 0.854. The summed E-state index contributed by atoms with van der Waals surface area (Å²) in [6.07, 6.45) is 3.85. The van der Waals surface area contributed by atoms with Crippen molar-refractivity contribution in [1.29, 1.82) is 0 Å². The maximum absolute atomic E-state index is 4.50. The van der Waals surface area contributed by atoms with Crippen LogP contribution in [0.15, 0.2) is 23.0 Å². The predicted molar refractivity (Wildman–Crippen MR) is 79.4 cm³/mol. The number of aliphatic imine (C=N–C) groups is 1. The largest absolute Gasteiger partial charge is 0.357 e. The molecule has 1 heterocycles. The number of thiazole rings is 1. The van der Waals surface area contributed by atoms with Crippen LogP contribution in [-0.2, 0) is 6.42 Å². The van der Waals surface area contributed by atoms with Crippen LogP contribution >= 0.6 is 11.3 Å². The number of hydrogen-bond donors (Lipinski definition) is 2. The quantitative estimate of drug-likeness (QED) is 0.344. The Morgan fingerprint density at radius 2 is 2.39 bits per heavy atom. The van der Waals surface area contributed by atoms with Crippen LogP contribution in [-0.4, -0.2) is 30.6 Å². The topological polar surface area (TPSA) is 49.3 Å². The average molecular weight is 266 g/mol.